The molecule has 1 nitrogen and oxygen atoms in total. The van der Waals surface area contributed by atoms with E-state index in [0.717, 1.165) is 0 Å². The lowest BCUT2D eigenvalue weighted by molar-refractivity contribution is -0.113. The number of hydrogen-bond acceptors (Lipinski definition) is 1. The van der Waals surface area contributed by atoms with Crippen LogP contribution < -0.4 is 0 Å². The largest absolute Gasteiger partial charge is 0.303 e. The zero-order chi connectivity index (χ0) is 8.43. The Morgan fingerprint density at radius 1 is 1.36 bits per heavy atom. The van der Waals surface area contributed by atoms with Gasteiger partial charge >= 0.3 is 0 Å². The summed E-state index contributed by atoms with van der Waals surface area (Å²) >= 11 is 0. The van der Waals surface area contributed by atoms with Gasteiger partial charge in [0.05, 0.1) is 0 Å². The second kappa shape index (κ2) is 3.38. The van der Waals surface area contributed by atoms with Crippen LogP contribution in [-0.4, -0.2) is 6.29 Å². The summed E-state index contributed by atoms with van der Waals surface area (Å²) in [5.74, 6) is 2.30. The molecule has 0 unspecified atom stereocenters. The lowest BCUT2D eigenvalue weighted by atomic mass is 9.84. The Hall–Kier alpha value is -0.330. The molecular weight excluding hydrogens is 136 g/mol. The van der Waals surface area contributed by atoms with Gasteiger partial charge in [0.1, 0.15) is 6.29 Å². The maximum absolute atomic E-state index is 10.7. The zero-order valence-corrected chi connectivity index (χ0v) is 7.71. The van der Waals surface area contributed by atoms with Crippen molar-refractivity contribution in [3.63, 3.8) is 0 Å². The Balaban J connectivity index is 2.61. The average molecular weight is 154 g/mol. The molecule has 64 valence electrons. The van der Waals surface area contributed by atoms with E-state index in [1.54, 1.807) is 0 Å². The highest BCUT2D eigenvalue weighted by molar-refractivity contribution is 5.55. The van der Waals surface area contributed by atoms with Crippen LogP contribution in [0.25, 0.3) is 0 Å². The topological polar surface area (TPSA) is 17.1 Å². The standard InChI is InChI=1S/C10H18O/c1-7(2)9-5-4-8(3)10(9)6-11/h6-10H,4-5H2,1-3H3/t8-,9-,10+/m0/s1. The van der Waals surface area contributed by atoms with Crippen LogP contribution in [-0.2, 0) is 4.79 Å². The molecule has 1 rings (SSSR count). The zero-order valence-electron chi connectivity index (χ0n) is 7.71. The van der Waals surface area contributed by atoms with E-state index in [1.165, 1.54) is 19.1 Å². The SMILES string of the molecule is CC(C)[C@@H]1CC[C@H](C)[C@H]1C=O. The van der Waals surface area contributed by atoms with Crippen LogP contribution in [0.2, 0.25) is 0 Å². The van der Waals surface area contributed by atoms with Crippen molar-refractivity contribution in [2.75, 3.05) is 0 Å². The maximum Gasteiger partial charge on any atom is 0.123 e. The summed E-state index contributed by atoms with van der Waals surface area (Å²) in [5.41, 5.74) is 0. The van der Waals surface area contributed by atoms with Gasteiger partial charge in [-0.1, -0.05) is 20.8 Å². The molecule has 0 heterocycles. The highest BCUT2D eigenvalue weighted by Gasteiger charge is 2.34. The van der Waals surface area contributed by atoms with Gasteiger partial charge in [0, 0.05) is 5.92 Å². The molecule has 0 radical (unpaired) electrons. The molecule has 0 aromatic carbocycles. The van der Waals surface area contributed by atoms with E-state index < -0.39 is 0 Å². The second-order valence-electron chi connectivity index (χ2n) is 4.18. The molecule has 0 aromatic rings. The lowest BCUT2D eigenvalue weighted by Crippen LogP contribution is -2.18. The van der Waals surface area contributed by atoms with Gasteiger partial charge < -0.3 is 4.79 Å². The van der Waals surface area contributed by atoms with Crippen LogP contribution in [0.5, 0.6) is 0 Å². The molecular formula is C10H18O. The van der Waals surface area contributed by atoms with Crippen LogP contribution in [0.1, 0.15) is 33.6 Å². The van der Waals surface area contributed by atoms with E-state index in [9.17, 15) is 4.79 Å². The molecule has 1 heteroatoms. The summed E-state index contributed by atoms with van der Waals surface area (Å²) in [7, 11) is 0. The molecule has 3 atom stereocenters. The van der Waals surface area contributed by atoms with E-state index in [-0.39, 0.29) is 0 Å². The summed E-state index contributed by atoms with van der Waals surface area (Å²) in [5, 5.41) is 0. The first-order valence-electron chi connectivity index (χ1n) is 4.62. The number of hydrogen-bond donors (Lipinski definition) is 0. The first kappa shape index (κ1) is 8.76. The molecule has 1 aliphatic rings. The van der Waals surface area contributed by atoms with E-state index >= 15 is 0 Å². The summed E-state index contributed by atoms with van der Waals surface area (Å²) < 4.78 is 0. The minimum atomic E-state index is 0.343. The Morgan fingerprint density at radius 2 is 2.00 bits per heavy atom. The van der Waals surface area contributed by atoms with E-state index in [2.05, 4.69) is 20.8 Å². The molecule has 0 amide bonds. The smallest absolute Gasteiger partial charge is 0.123 e. The fraction of sp³-hybridized carbons (Fsp3) is 0.900. The molecule has 0 spiro atoms. The Bertz CT molecular complexity index is 140. The monoisotopic (exact) mass is 154 g/mol. The molecule has 0 aromatic heterocycles. The quantitative estimate of drug-likeness (QED) is 0.558. The van der Waals surface area contributed by atoms with Gasteiger partial charge in [-0.05, 0) is 30.6 Å². The van der Waals surface area contributed by atoms with Crippen molar-refractivity contribution in [2.24, 2.45) is 23.7 Å². The third-order valence-corrected chi connectivity index (χ3v) is 3.12. The van der Waals surface area contributed by atoms with Crippen LogP contribution in [0.3, 0.4) is 0 Å². The Morgan fingerprint density at radius 3 is 2.36 bits per heavy atom. The number of aldehydes is 1. The second-order valence-corrected chi connectivity index (χ2v) is 4.18. The van der Waals surface area contributed by atoms with Gasteiger partial charge in [0.25, 0.3) is 0 Å². The predicted octanol–water partition coefficient (Wildman–Crippen LogP) is 2.50. The minimum Gasteiger partial charge on any atom is -0.303 e. The van der Waals surface area contributed by atoms with Crippen molar-refractivity contribution in [1.82, 2.24) is 0 Å². The first-order valence-corrected chi connectivity index (χ1v) is 4.62. The maximum atomic E-state index is 10.7. The molecule has 0 bridgehead atoms. The van der Waals surface area contributed by atoms with Gasteiger partial charge in [0.15, 0.2) is 0 Å². The van der Waals surface area contributed by atoms with Crippen molar-refractivity contribution < 1.29 is 4.79 Å². The first-order chi connectivity index (χ1) is 5.16. The highest BCUT2D eigenvalue weighted by Crippen LogP contribution is 2.39. The Kier molecular flexibility index (Phi) is 2.69. The van der Waals surface area contributed by atoms with Crippen LogP contribution in [0.4, 0.5) is 0 Å². The summed E-state index contributed by atoms with van der Waals surface area (Å²) in [4.78, 5) is 10.7. The number of carbonyl (C=O) groups excluding carboxylic acids is 1. The molecule has 1 saturated carbocycles. The summed E-state index contributed by atoms with van der Waals surface area (Å²) in [6.07, 6.45) is 3.66. The van der Waals surface area contributed by atoms with Crippen molar-refractivity contribution in [1.29, 1.82) is 0 Å². The Labute approximate surface area is 69.2 Å². The van der Waals surface area contributed by atoms with E-state index in [1.807, 2.05) is 0 Å². The van der Waals surface area contributed by atoms with Gasteiger partial charge in [-0.25, -0.2) is 0 Å². The van der Waals surface area contributed by atoms with Crippen molar-refractivity contribution in [2.45, 2.75) is 33.6 Å². The fourth-order valence-corrected chi connectivity index (χ4v) is 2.28. The predicted molar refractivity (Wildman–Crippen MR) is 46.3 cm³/mol. The molecule has 1 fully saturated rings. The van der Waals surface area contributed by atoms with Crippen molar-refractivity contribution in [3.05, 3.63) is 0 Å². The molecule has 1 aliphatic carbocycles. The normalized spacial score (nSPS) is 38.0. The van der Waals surface area contributed by atoms with Crippen molar-refractivity contribution >= 4 is 6.29 Å². The van der Waals surface area contributed by atoms with Crippen LogP contribution in [0.15, 0.2) is 0 Å². The number of rotatable bonds is 2. The minimum absolute atomic E-state index is 0.343. The third kappa shape index (κ3) is 1.63. The fourth-order valence-electron chi connectivity index (χ4n) is 2.28. The molecule has 0 aliphatic heterocycles. The third-order valence-electron chi connectivity index (χ3n) is 3.12. The van der Waals surface area contributed by atoms with Gasteiger partial charge in [0.2, 0.25) is 0 Å². The van der Waals surface area contributed by atoms with E-state index in [0.29, 0.717) is 23.7 Å². The molecule has 11 heavy (non-hydrogen) atoms. The van der Waals surface area contributed by atoms with Gasteiger partial charge in [-0.15, -0.1) is 0 Å². The van der Waals surface area contributed by atoms with Crippen molar-refractivity contribution in [3.8, 4) is 0 Å². The highest BCUT2D eigenvalue weighted by atomic mass is 16.1. The lowest BCUT2D eigenvalue weighted by Gasteiger charge is -2.20. The van der Waals surface area contributed by atoms with Gasteiger partial charge in [-0.2, -0.15) is 0 Å². The number of carbonyl (C=O) groups is 1. The van der Waals surface area contributed by atoms with Crippen LogP contribution >= 0.6 is 0 Å². The van der Waals surface area contributed by atoms with E-state index in [4.69, 9.17) is 0 Å². The van der Waals surface area contributed by atoms with Gasteiger partial charge in [-0.3, -0.25) is 0 Å². The average Bonchev–Trinajstić information content (AvgIpc) is 2.30. The molecule has 0 saturated heterocycles. The van der Waals surface area contributed by atoms with Crippen LogP contribution in [0, 0.1) is 23.7 Å². The molecule has 0 N–H and O–H groups in total. The summed E-state index contributed by atoms with van der Waals surface area (Å²) in [6, 6.07) is 0. The summed E-state index contributed by atoms with van der Waals surface area (Å²) in [6.45, 7) is 6.64.